The van der Waals surface area contributed by atoms with Crippen molar-refractivity contribution in [3.8, 4) is 28.7 Å². The highest BCUT2D eigenvalue weighted by Crippen LogP contribution is 2.40. The van der Waals surface area contributed by atoms with Crippen molar-refractivity contribution in [3.63, 3.8) is 0 Å². The van der Waals surface area contributed by atoms with Crippen LogP contribution in [0.25, 0.3) is 0 Å². The van der Waals surface area contributed by atoms with Crippen molar-refractivity contribution >= 4 is 12.3 Å². The van der Waals surface area contributed by atoms with Crippen LogP contribution in [0.1, 0.15) is 350 Å². The van der Waals surface area contributed by atoms with Crippen molar-refractivity contribution < 1.29 is 33.6 Å². The number of ether oxygens (including phenoxy) is 4. The maximum absolute atomic E-state index is 13.8. The van der Waals surface area contributed by atoms with E-state index >= 15 is 0 Å². The monoisotopic (exact) mass is 1050 g/mol. The van der Waals surface area contributed by atoms with Crippen molar-refractivity contribution in [1.29, 1.82) is 0 Å². The van der Waals surface area contributed by atoms with Crippen LogP contribution in [0.4, 0.5) is 0 Å². The third-order valence-corrected chi connectivity index (χ3v) is 15.3. The lowest BCUT2D eigenvalue weighted by Gasteiger charge is -2.19. The molecule has 2 rings (SSSR count). The summed E-state index contributed by atoms with van der Waals surface area (Å²) >= 11 is 0. The number of carbonyl (C=O) groups is 2. The van der Waals surface area contributed by atoms with Gasteiger partial charge < -0.3 is 24.1 Å². The van der Waals surface area contributed by atoms with Crippen LogP contribution in [0.5, 0.6) is 28.7 Å². The minimum atomic E-state index is -0.596. The number of esters is 1. The Labute approximate surface area is 462 Å². The highest BCUT2D eigenvalue weighted by atomic mass is 16.5. The molecule has 0 spiro atoms. The van der Waals surface area contributed by atoms with E-state index in [0.717, 1.165) is 38.5 Å². The average Bonchev–Trinajstić information content (AvgIpc) is 3.42. The number of aldehydes is 1. The number of benzene rings is 2. The van der Waals surface area contributed by atoms with Crippen molar-refractivity contribution in [2.24, 2.45) is 0 Å². The zero-order valence-electron chi connectivity index (χ0n) is 49.4. The molecule has 0 heterocycles. The molecule has 0 fully saturated rings. The molecule has 0 aliphatic carbocycles. The molecule has 2 aromatic carbocycles. The van der Waals surface area contributed by atoms with Gasteiger partial charge in [0.15, 0.2) is 17.8 Å². The van der Waals surface area contributed by atoms with E-state index in [9.17, 15) is 14.7 Å². The smallest absolute Gasteiger partial charge is 0.343 e. The number of phenols is 1. The van der Waals surface area contributed by atoms with Gasteiger partial charge in [0.1, 0.15) is 11.5 Å². The largest absolute Gasteiger partial charge is 0.507 e. The lowest BCUT2D eigenvalue weighted by atomic mass is 10.0. The Morgan fingerprint density at radius 2 is 0.640 bits per heavy atom. The van der Waals surface area contributed by atoms with E-state index in [2.05, 4.69) is 20.8 Å². The van der Waals surface area contributed by atoms with Crippen LogP contribution in [-0.4, -0.2) is 37.2 Å². The molecule has 0 saturated heterocycles. The lowest BCUT2D eigenvalue weighted by molar-refractivity contribution is 0.0732. The summed E-state index contributed by atoms with van der Waals surface area (Å²) in [7, 11) is 0. The van der Waals surface area contributed by atoms with E-state index < -0.39 is 5.97 Å². The minimum Gasteiger partial charge on any atom is -0.507 e. The molecule has 7 heteroatoms. The van der Waals surface area contributed by atoms with Gasteiger partial charge in [-0.05, 0) is 49.6 Å². The van der Waals surface area contributed by atoms with Gasteiger partial charge in [0, 0.05) is 0 Å². The van der Waals surface area contributed by atoms with E-state index in [1.54, 1.807) is 12.1 Å². The zero-order chi connectivity index (χ0) is 53.8. The highest BCUT2D eigenvalue weighted by molar-refractivity contribution is 5.93. The molecular weight excluding hydrogens is 929 g/mol. The Hall–Kier alpha value is -3.22. The van der Waals surface area contributed by atoms with E-state index in [0.29, 0.717) is 43.4 Å². The van der Waals surface area contributed by atoms with Crippen LogP contribution in [0.15, 0.2) is 30.3 Å². The molecule has 75 heavy (non-hydrogen) atoms. The normalized spacial score (nSPS) is 11.3. The standard InChI is InChI=1S/C68H118O7/c1-4-7-10-13-16-19-22-25-28-31-34-37-40-43-46-49-54-72-65-58-61(68(71)75-63-52-53-64(70)62(57-63)60-69)59-66(73-55-50-47-44-41-38-35-32-29-26-23-20-17-14-11-8-5-2)67(65)74-56-51-48-45-42-39-36-33-30-27-24-21-18-15-12-9-6-3/h52-53,57-60,70H,4-51,54-56H2,1-3H3. The summed E-state index contributed by atoms with van der Waals surface area (Å²) in [5.74, 6) is 0.987. The number of aromatic hydroxyl groups is 1. The number of phenolic OH excluding ortho intramolecular Hbond substituents is 1. The molecule has 432 valence electrons. The van der Waals surface area contributed by atoms with Crippen molar-refractivity contribution in [3.05, 3.63) is 41.5 Å². The van der Waals surface area contributed by atoms with E-state index in [1.165, 1.54) is 288 Å². The number of rotatable bonds is 57. The number of hydrogen-bond donors (Lipinski definition) is 1. The fraction of sp³-hybridized carbons (Fsp3) is 0.794. The summed E-state index contributed by atoms with van der Waals surface area (Å²) in [6, 6.07) is 7.67. The van der Waals surface area contributed by atoms with Crippen LogP contribution < -0.4 is 18.9 Å². The molecular formula is C68H118O7. The third kappa shape index (κ3) is 38.9. The van der Waals surface area contributed by atoms with E-state index in [1.807, 2.05) is 0 Å². The molecule has 0 aliphatic heterocycles. The minimum absolute atomic E-state index is 0.0591. The summed E-state index contributed by atoms with van der Waals surface area (Å²) in [6.07, 6.45) is 63.6. The molecule has 7 nitrogen and oxygen atoms in total. The molecule has 0 unspecified atom stereocenters. The van der Waals surface area contributed by atoms with Crippen LogP contribution in [0.3, 0.4) is 0 Å². The van der Waals surface area contributed by atoms with Gasteiger partial charge in [-0.3, -0.25) is 4.79 Å². The predicted molar refractivity (Wildman–Crippen MR) is 320 cm³/mol. The number of carbonyl (C=O) groups excluding carboxylic acids is 2. The SMILES string of the molecule is CCCCCCCCCCCCCCCCCCOc1cc(C(=O)Oc2ccc(O)c(C=O)c2)cc(OCCCCCCCCCCCCCCCCCC)c1OCCCCCCCCCCCCCCCCCC. The Morgan fingerprint density at radius 3 is 0.920 bits per heavy atom. The van der Waals surface area contributed by atoms with Gasteiger partial charge in [0.2, 0.25) is 5.75 Å². The molecule has 0 aromatic heterocycles. The Balaban J connectivity index is 1.95. The highest BCUT2D eigenvalue weighted by Gasteiger charge is 2.21. The van der Waals surface area contributed by atoms with Crippen LogP contribution in [0.2, 0.25) is 0 Å². The van der Waals surface area contributed by atoms with Gasteiger partial charge in [-0.2, -0.15) is 0 Å². The number of unbranched alkanes of at least 4 members (excludes halogenated alkanes) is 45. The molecule has 0 amide bonds. The summed E-state index contributed by atoms with van der Waals surface area (Å²) in [5, 5.41) is 10.1. The lowest BCUT2D eigenvalue weighted by Crippen LogP contribution is -2.12. The Morgan fingerprint density at radius 1 is 0.373 bits per heavy atom. The maximum atomic E-state index is 13.8. The molecule has 1 N–H and O–H groups in total. The fourth-order valence-corrected chi connectivity index (χ4v) is 10.4. The second-order valence-electron chi connectivity index (χ2n) is 22.5. The van der Waals surface area contributed by atoms with Gasteiger partial charge >= 0.3 is 5.97 Å². The first-order chi connectivity index (χ1) is 37.0. The van der Waals surface area contributed by atoms with Crippen LogP contribution >= 0.6 is 0 Å². The summed E-state index contributed by atoms with van der Waals surface area (Å²) in [6.45, 7) is 8.45. The quantitative estimate of drug-likeness (QED) is 0.0305. The molecule has 2 aromatic rings. The van der Waals surface area contributed by atoms with E-state index in [-0.39, 0.29) is 22.6 Å². The maximum Gasteiger partial charge on any atom is 0.343 e. The van der Waals surface area contributed by atoms with Crippen molar-refractivity contribution in [2.75, 3.05) is 19.8 Å². The molecule has 0 atom stereocenters. The van der Waals surface area contributed by atoms with Crippen LogP contribution in [0, 0.1) is 0 Å². The van der Waals surface area contributed by atoms with Crippen molar-refractivity contribution in [1.82, 2.24) is 0 Å². The topological polar surface area (TPSA) is 91.3 Å². The second kappa shape index (κ2) is 51.5. The Kier molecular flexibility index (Phi) is 46.6. The summed E-state index contributed by atoms with van der Waals surface area (Å²) in [5.41, 5.74) is 0.346. The molecule has 0 saturated carbocycles. The fourth-order valence-electron chi connectivity index (χ4n) is 10.4. The summed E-state index contributed by atoms with van der Waals surface area (Å²) < 4.78 is 25.4. The second-order valence-corrected chi connectivity index (χ2v) is 22.5. The first kappa shape index (κ1) is 67.9. The Bertz CT molecular complexity index is 1530. The third-order valence-electron chi connectivity index (χ3n) is 15.3. The predicted octanol–water partition coefficient (Wildman–Crippen LogP) is 22.3. The van der Waals surface area contributed by atoms with E-state index in [4.69, 9.17) is 18.9 Å². The van der Waals surface area contributed by atoms with Gasteiger partial charge in [-0.15, -0.1) is 0 Å². The van der Waals surface area contributed by atoms with Gasteiger partial charge in [0.25, 0.3) is 0 Å². The van der Waals surface area contributed by atoms with Crippen molar-refractivity contribution in [2.45, 2.75) is 329 Å². The molecule has 0 bridgehead atoms. The zero-order valence-corrected chi connectivity index (χ0v) is 49.4. The van der Waals surface area contributed by atoms with Gasteiger partial charge in [0.05, 0.1) is 30.9 Å². The molecule has 0 aliphatic rings. The average molecular weight is 1050 g/mol. The van der Waals surface area contributed by atoms with Crippen LogP contribution in [-0.2, 0) is 0 Å². The molecule has 0 radical (unpaired) electrons. The first-order valence-electron chi connectivity index (χ1n) is 32.6. The number of hydrogen-bond acceptors (Lipinski definition) is 7. The van der Waals surface area contributed by atoms with Gasteiger partial charge in [-0.1, -0.05) is 310 Å². The summed E-state index contributed by atoms with van der Waals surface area (Å²) in [4.78, 5) is 25.3. The first-order valence-corrected chi connectivity index (χ1v) is 32.6. The van der Waals surface area contributed by atoms with Gasteiger partial charge in [-0.25, -0.2) is 4.79 Å².